The van der Waals surface area contributed by atoms with E-state index >= 15 is 0 Å². The number of hydrogen-bond acceptors (Lipinski definition) is 4. The van der Waals surface area contributed by atoms with Crippen LogP contribution in [0.4, 0.5) is 0 Å². The Morgan fingerprint density at radius 3 is 2.89 bits per heavy atom. The molecule has 1 unspecified atom stereocenters. The minimum Gasteiger partial charge on any atom is -0.496 e. The van der Waals surface area contributed by atoms with Crippen LogP contribution in [0.5, 0.6) is 5.75 Å². The zero-order chi connectivity index (χ0) is 13.8. The number of nitrogens with two attached hydrogens (primary N) is 1. The first kappa shape index (κ1) is 14.0. The maximum atomic E-state index is 5.92. The van der Waals surface area contributed by atoms with Gasteiger partial charge in [-0.15, -0.1) is 5.10 Å². The van der Waals surface area contributed by atoms with Crippen molar-refractivity contribution < 1.29 is 4.74 Å². The van der Waals surface area contributed by atoms with Gasteiger partial charge in [0.1, 0.15) is 5.75 Å². The summed E-state index contributed by atoms with van der Waals surface area (Å²) in [6.45, 7) is 2.69. The molecule has 1 aromatic carbocycles. The average Bonchev–Trinajstić information content (AvgIpc) is 2.86. The molecule has 2 N–H and O–H groups in total. The molecule has 2 aromatic rings. The highest BCUT2D eigenvalue weighted by atomic mass is 79.9. The van der Waals surface area contributed by atoms with Gasteiger partial charge in [-0.2, -0.15) is 0 Å². The van der Waals surface area contributed by atoms with Crippen molar-refractivity contribution in [2.45, 2.75) is 25.9 Å². The number of halogens is 1. The fourth-order valence-corrected chi connectivity index (χ4v) is 2.35. The summed E-state index contributed by atoms with van der Waals surface area (Å²) in [6, 6.07) is 5.90. The monoisotopic (exact) mass is 324 g/mol. The fourth-order valence-electron chi connectivity index (χ4n) is 1.77. The summed E-state index contributed by atoms with van der Waals surface area (Å²) in [5.41, 5.74) is 7.87. The van der Waals surface area contributed by atoms with Crippen molar-refractivity contribution in [3.63, 3.8) is 0 Å². The molecular formula is C13H17BrN4O. The molecule has 5 nitrogen and oxygen atoms in total. The van der Waals surface area contributed by atoms with E-state index in [1.54, 1.807) is 11.8 Å². The van der Waals surface area contributed by atoms with E-state index in [0.717, 1.165) is 27.9 Å². The normalized spacial score (nSPS) is 12.4. The molecule has 6 heteroatoms. The van der Waals surface area contributed by atoms with E-state index in [2.05, 4.69) is 26.2 Å². The molecule has 0 aliphatic heterocycles. The smallest absolute Gasteiger partial charge is 0.133 e. The van der Waals surface area contributed by atoms with Gasteiger partial charge in [0, 0.05) is 0 Å². The first-order valence-corrected chi connectivity index (χ1v) is 6.91. The highest BCUT2D eigenvalue weighted by molar-refractivity contribution is 9.10. The molecular weight excluding hydrogens is 308 g/mol. The zero-order valence-electron chi connectivity index (χ0n) is 11.0. The highest BCUT2D eigenvalue weighted by Crippen LogP contribution is 2.25. The minimum absolute atomic E-state index is 0.0450. The molecule has 0 saturated heterocycles. The van der Waals surface area contributed by atoms with Crippen LogP contribution in [-0.2, 0) is 6.54 Å². The second-order valence-electron chi connectivity index (χ2n) is 4.32. The number of nitrogens with zero attached hydrogens (tertiary/aromatic N) is 3. The van der Waals surface area contributed by atoms with Crippen molar-refractivity contribution >= 4 is 15.9 Å². The second-order valence-corrected chi connectivity index (χ2v) is 5.18. The molecule has 0 spiro atoms. The Bertz CT molecular complexity index is 555. The molecule has 0 aliphatic rings. The number of hydrogen-bond donors (Lipinski definition) is 1. The van der Waals surface area contributed by atoms with Gasteiger partial charge in [-0.25, -0.2) is 4.68 Å². The first-order valence-electron chi connectivity index (χ1n) is 6.12. The summed E-state index contributed by atoms with van der Waals surface area (Å²) >= 11 is 3.47. The molecule has 0 bridgehead atoms. The molecule has 0 saturated carbocycles. The van der Waals surface area contributed by atoms with Crippen LogP contribution in [0, 0.1) is 0 Å². The van der Waals surface area contributed by atoms with Gasteiger partial charge in [0.15, 0.2) is 0 Å². The molecule has 19 heavy (non-hydrogen) atoms. The van der Waals surface area contributed by atoms with Crippen LogP contribution in [0.2, 0.25) is 0 Å². The molecule has 2 rings (SSSR count). The Balaban J connectivity index is 2.12. The van der Waals surface area contributed by atoms with Crippen LogP contribution in [0.3, 0.4) is 0 Å². The van der Waals surface area contributed by atoms with Gasteiger partial charge in [-0.05, 0) is 40.0 Å². The number of rotatable bonds is 5. The van der Waals surface area contributed by atoms with Crippen molar-refractivity contribution in [2.24, 2.45) is 5.73 Å². The van der Waals surface area contributed by atoms with Gasteiger partial charge in [0.05, 0.1) is 36.1 Å². The third-order valence-electron chi connectivity index (χ3n) is 2.94. The van der Waals surface area contributed by atoms with Gasteiger partial charge in [-0.1, -0.05) is 18.2 Å². The number of ether oxygens (including phenoxy) is 1. The molecule has 1 aromatic heterocycles. The van der Waals surface area contributed by atoms with Crippen LogP contribution in [-0.4, -0.2) is 22.1 Å². The summed E-state index contributed by atoms with van der Waals surface area (Å²) in [5, 5.41) is 8.18. The lowest BCUT2D eigenvalue weighted by atomic mass is 10.2. The standard InChI is InChI=1S/C13H17BrN4O/c1-3-11(15)12-8-18(17-16-12)7-9-4-5-13(19-2)10(14)6-9/h4-6,8,11H,3,7,15H2,1-2H3. The van der Waals surface area contributed by atoms with E-state index in [-0.39, 0.29) is 6.04 Å². The maximum absolute atomic E-state index is 5.92. The minimum atomic E-state index is -0.0450. The Hall–Kier alpha value is -1.40. The molecule has 0 fully saturated rings. The molecule has 0 aliphatic carbocycles. The second kappa shape index (κ2) is 6.16. The Kier molecular flexibility index (Phi) is 4.55. The molecule has 0 radical (unpaired) electrons. The quantitative estimate of drug-likeness (QED) is 0.917. The number of aromatic nitrogens is 3. The SMILES string of the molecule is CCC(N)c1cn(Cc2ccc(OC)c(Br)c2)nn1. The van der Waals surface area contributed by atoms with Crippen molar-refractivity contribution in [3.8, 4) is 5.75 Å². The predicted octanol–water partition coefficient (Wildman–Crippen LogP) is 2.51. The topological polar surface area (TPSA) is 66.0 Å². The molecule has 0 amide bonds. The fraction of sp³-hybridized carbons (Fsp3) is 0.385. The van der Waals surface area contributed by atoms with Gasteiger partial charge < -0.3 is 10.5 Å². The summed E-state index contributed by atoms with van der Waals surface area (Å²) in [4.78, 5) is 0. The van der Waals surface area contributed by atoms with E-state index in [4.69, 9.17) is 10.5 Å². The molecule has 102 valence electrons. The lowest BCUT2D eigenvalue weighted by molar-refractivity contribution is 0.412. The van der Waals surface area contributed by atoms with Crippen molar-refractivity contribution in [1.29, 1.82) is 0 Å². The number of benzene rings is 1. The van der Waals surface area contributed by atoms with Crippen LogP contribution >= 0.6 is 15.9 Å². The summed E-state index contributed by atoms with van der Waals surface area (Å²) in [6.07, 6.45) is 2.75. The van der Waals surface area contributed by atoms with Crippen molar-refractivity contribution in [2.75, 3.05) is 7.11 Å². The summed E-state index contributed by atoms with van der Waals surface area (Å²) < 4.78 is 7.92. The maximum Gasteiger partial charge on any atom is 0.133 e. The van der Waals surface area contributed by atoms with E-state index in [0.29, 0.717) is 6.54 Å². The highest BCUT2D eigenvalue weighted by Gasteiger charge is 2.09. The third-order valence-corrected chi connectivity index (χ3v) is 3.56. The van der Waals surface area contributed by atoms with E-state index < -0.39 is 0 Å². The van der Waals surface area contributed by atoms with Crippen LogP contribution < -0.4 is 10.5 Å². The largest absolute Gasteiger partial charge is 0.496 e. The number of methoxy groups -OCH3 is 1. The van der Waals surface area contributed by atoms with E-state index in [1.165, 1.54) is 0 Å². The van der Waals surface area contributed by atoms with Gasteiger partial charge in [0.25, 0.3) is 0 Å². The zero-order valence-corrected chi connectivity index (χ0v) is 12.6. The van der Waals surface area contributed by atoms with Gasteiger partial charge in [0.2, 0.25) is 0 Å². The lowest BCUT2D eigenvalue weighted by Crippen LogP contribution is -2.08. The first-order chi connectivity index (χ1) is 9.13. The summed E-state index contributed by atoms with van der Waals surface area (Å²) in [7, 11) is 1.65. The van der Waals surface area contributed by atoms with E-state index in [9.17, 15) is 0 Å². The molecule has 1 heterocycles. The Morgan fingerprint density at radius 1 is 1.47 bits per heavy atom. The van der Waals surface area contributed by atoms with Crippen LogP contribution in [0.1, 0.15) is 30.6 Å². The molecule has 1 atom stereocenters. The van der Waals surface area contributed by atoms with Crippen LogP contribution in [0.25, 0.3) is 0 Å². The van der Waals surface area contributed by atoms with Gasteiger partial charge in [-0.3, -0.25) is 0 Å². The van der Waals surface area contributed by atoms with E-state index in [1.807, 2.05) is 31.3 Å². The average molecular weight is 325 g/mol. The van der Waals surface area contributed by atoms with Gasteiger partial charge >= 0.3 is 0 Å². The summed E-state index contributed by atoms with van der Waals surface area (Å²) in [5.74, 6) is 0.816. The Labute approximate surface area is 120 Å². The van der Waals surface area contributed by atoms with Crippen molar-refractivity contribution in [1.82, 2.24) is 15.0 Å². The third kappa shape index (κ3) is 3.33. The Morgan fingerprint density at radius 2 is 2.26 bits per heavy atom. The lowest BCUT2D eigenvalue weighted by Gasteiger charge is -2.06. The predicted molar refractivity (Wildman–Crippen MR) is 77.0 cm³/mol. The van der Waals surface area contributed by atoms with Crippen molar-refractivity contribution in [3.05, 3.63) is 40.1 Å². The van der Waals surface area contributed by atoms with Crippen LogP contribution in [0.15, 0.2) is 28.9 Å².